The number of fused-ring (bicyclic) bond motifs is 7. The van der Waals surface area contributed by atoms with Crippen molar-refractivity contribution in [2.45, 2.75) is 0 Å². The molecule has 0 aliphatic heterocycles. The molecule has 10 rings (SSSR count). The summed E-state index contributed by atoms with van der Waals surface area (Å²) in [4.78, 5) is 25.7. The van der Waals surface area contributed by atoms with Crippen molar-refractivity contribution >= 4 is 53.4 Å². The minimum atomic E-state index is 0.563. The van der Waals surface area contributed by atoms with Crippen molar-refractivity contribution in [1.82, 2.24) is 29.5 Å². The van der Waals surface area contributed by atoms with Gasteiger partial charge in [-0.15, -0.1) is 11.3 Å². The molecule has 0 saturated carbocycles. The van der Waals surface area contributed by atoms with Crippen LogP contribution >= 0.6 is 11.3 Å². The molecule has 0 radical (unpaired) electrons. The molecule has 6 nitrogen and oxygen atoms in total. The summed E-state index contributed by atoms with van der Waals surface area (Å²) in [5, 5.41) is 3.32. The van der Waals surface area contributed by atoms with Crippen molar-refractivity contribution in [2.75, 3.05) is 0 Å². The molecular formula is C43H26N6S. The van der Waals surface area contributed by atoms with Gasteiger partial charge in [-0.2, -0.15) is 9.97 Å². The molecule has 50 heavy (non-hydrogen) atoms. The Morgan fingerprint density at radius 3 is 1.48 bits per heavy atom. The monoisotopic (exact) mass is 658 g/mol. The maximum absolute atomic E-state index is 5.24. The van der Waals surface area contributed by atoms with Gasteiger partial charge < -0.3 is 0 Å². The van der Waals surface area contributed by atoms with Crippen LogP contribution in [-0.2, 0) is 0 Å². The fraction of sp³-hybridized carbons (Fsp3) is 0. The summed E-state index contributed by atoms with van der Waals surface area (Å²) in [6.45, 7) is 0. The van der Waals surface area contributed by atoms with Crippen molar-refractivity contribution in [2.24, 2.45) is 0 Å². The van der Waals surface area contributed by atoms with Crippen LogP contribution in [0, 0.1) is 0 Å². The number of hydrogen-bond donors (Lipinski definition) is 0. The van der Waals surface area contributed by atoms with Crippen LogP contribution in [0.5, 0.6) is 0 Å². The Kier molecular flexibility index (Phi) is 6.57. The minimum Gasteiger partial charge on any atom is -0.276 e. The first-order chi connectivity index (χ1) is 24.8. The number of thiophene rings is 1. The van der Waals surface area contributed by atoms with E-state index in [0.717, 1.165) is 70.1 Å². The third-order valence-corrected chi connectivity index (χ3v) is 10.3. The molecule has 6 aromatic carbocycles. The Hall–Kier alpha value is -6.57. The Morgan fingerprint density at radius 2 is 0.880 bits per heavy atom. The molecule has 4 aromatic heterocycles. The molecule has 4 heterocycles. The summed E-state index contributed by atoms with van der Waals surface area (Å²) in [5.74, 6) is 2.50. The highest BCUT2D eigenvalue weighted by molar-refractivity contribution is 7.27. The van der Waals surface area contributed by atoms with Gasteiger partial charge in [-0.25, -0.2) is 15.0 Å². The summed E-state index contributed by atoms with van der Waals surface area (Å²) in [5.41, 5.74) is 7.80. The summed E-state index contributed by atoms with van der Waals surface area (Å²) < 4.78 is 4.35. The normalized spacial score (nSPS) is 11.6. The van der Waals surface area contributed by atoms with E-state index in [0.29, 0.717) is 23.4 Å². The van der Waals surface area contributed by atoms with Gasteiger partial charge in [0.1, 0.15) is 0 Å². The Morgan fingerprint density at radius 1 is 0.380 bits per heavy atom. The van der Waals surface area contributed by atoms with Crippen LogP contribution in [-0.4, -0.2) is 29.5 Å². The molecule has 0 aliphatic rings. The highest BCUT2D eigenvalue weighted by Crippen LogP contribution is 2.45. The standard InChI is InChI=1S/C43H26N6S/c1-5-15-27(16-6-1)35-39-36(45-40(44-35)28-17-7-2-8-18-28)33-26-25-32-31-23-13-14-24-34(31)49(37(32)38(33)50-39)43-47-41(29-19-9-3-10-20-29)46-42(48-43)30-21-11-4-12-22-30/h1-26H. The van der Waals surface area contributed by atoms with Crippen LogP contribution in [0.1, 0.15) is 0 Å². The molecule has 234 valence electrons. The average Bonchev–Trinajstić information content (AvgIpc) is 3.75. The summed E-state index contributed by atoms with van der Waals surface area (Å²) in [7, 11) is 0. The lowest BCUT2D eigenvalue weighted by Gasteiger charge is -2.11. The molecule has 0 saturated heterocycles. The highest BCUT2D eigenvalue weighted by Gasteiger charge is 2.23. The molecule has 10 aromatic rings. The van der Waals surface area contributed by atoms with E-state index in [-0.39, 0.29) is 0 Å². The Labute approximate surface area is 291 Å². The fourth-order valence-electron chi connectivity index (χ4n) is 6.76. The first-order valence-corrected chi connectivity index (χ1v) is 17.3. The highest BCUT2D eigenvalue weighted by atomic mass is 32.1. The van der Waals surface area contributed by atoms with Crippen molar-refractivity contribution in [1.29, 1.82) is 0 Å². The van der Waals surface area contributed by atoms with Crippen molar-refractivity contribution in [3.05, 3.63) is 158 Å². The second-order valence-electron chi connectivity index (χ2n) is 12.1. The fourth-order valence-corrected chi connectivity index (χ4v) is 8.05. The van der Waals surface area contributed by atoms with Gasteiger partial charge in [0.25, 0.3) is 0 Å². The maximum atomic E-state index is 5.24. The SMILES string of the molecule is c1ccc(-c2nc(-c3ccccc3)nc(-n3c4ccccc4c4ccc5c6nc(-c7ccccc7)nc(-c7ccccc7)c6sc5c43)n2)cc1. The Bertz CT molecular complexity index is 2790. The van der Waals surface area contributed by atoms with Gasteiger partial charge in [0, 0.05) is 38.4 Å². The zero-order chi connectivity index (χ0) is 33.0. The van der Waals surface area contributed by atoms with Crippen molar-refractivity contribution in [3.8, 4) is 51.4 Å². The molecule has 0 atom stereocenters. The van der Waals surface area contributed by atoms with E-state index in [9.17, 15) is 0 Å². The largest absolute Gasteiger partial charge is 0.276 e. The Balaban J connectivity index is 1.33. The van der Waals surface area contributed by atoms with Gasteiger partial charge in [-0.3, -0.25) is 4.57 Å². The van der Waals surface area contributed by atoms with Crippen LogP contribution in [0.15, 0.2) is 158 Å². The molecule has 0 spiro atoms. The quantitative estimate of drug-likeness (QED) is 0.184. The van der Waals surface area contributed by atoms with Crippen LogP contribution in [0.2, 0.25) is 0 Å². The van der Waals surface area contributed by atoms with Gasteiger partial charge in [0.05, 0.1) is 31.6 Å². The minimum absolute atomic E-state index is 0.563. The van der Waals surface area contributed by atoms with E-state index in [1.54, 1.807) is 11.3 Å². The second-order valence-corrected chi connectivity index (χ2v) is 13.1. The average molecular weight is 659 g/mol. The molecular weight excluding hydrogens is 633 g/mol. The lowest BCUT2D eigenvalue weighted by Crippen LogP contribution is -2.06. The number of benzene rings is 6. The molecule has 0 aliphatic carbocycles. The third kappa shape index (κ3) is 4.59. The maximum Gasteiger partial charge on any atom is 0.238 e. The molecule has 0 amide bonds. The van der Waals surface area contributed by atoms with Gasteiger partial charge >= 0.3 is 0 Å². The van der Waals surface area contributed by atoms with E-state index in [1.165, 1.54) is 0 Å². The molecule has 0 unspecified atom stereocenters. The lowest BCUT2D eigenvalue weighted by molar-refractivity contribution is 0.955. The lowest BCUT2D eigenvalue weighted by atomic mass is 10.1. The molecule has 7 heteroatoms. The van der Waals surface area contributed by atoms with E-state index < -0.39 is 0 Å². The first kappa shape index (κ1) is 28.4. The number of hydrogen-bond acceptors (Lipinski definition) is 6. The van der Waals surface area contributed by atoms with Crippen LogP contribution in [0.3, 0.4) is 0 Å². The zero-order valence-electron chi connectivity index (χ0n) is 26.6. The second kappa shape index (κ2) is 11.5. The summed E-state index contributed by atoms with van der Waals surface area (Å²) in [6, 6.07) is 53.7. The number of aromatic nitrogens is 6. The van der Waals surface area contributed by atoms with Crippen LogP contribution in [0.25, 0.3) is 93.5 Å². The van der Waals surface area contributed by atoms with Gasteiger partial charge in [0.2, 0.25) is 5.95 Å². The smallest absolute Gasteiger partial charge is 0.238 e. The van der Waals surface area contributed by atoms with E-state index in [4.69, 9.17) is 24.9 Å². The van der Waals surface area contributed by atoms with E-state index >= 15 is 0 Å². The van der Waals surface area contributed by atoms with Crippen LogP contribution < -0.4 is 0 Å². The van der Waals surface area contributed by atoms with Gasteiger partial charge in [-0.05, 0) is 6.07 Å². The predicted molar refractivity (Wildman–Crippen MR) is 204 cm³/mol. The van der Waals surface area contributed by atoms with E-state index in [1.807, 2.05) is 84.9 Å². The topological polar surface area (TPSA) is 69.4 Å². The number of rotatable bonds is 5. The summed E-state index contributed by atoms with van der Waals surface area (Å²) in [6.07, 6.45) is 0. The van der Waals surface area contributed by atoms with Crippen LogP contribution in [0.4, 0.5) is 0 Å². The molecule has 0 fully saturated rings. The van der Waals surface area contributed by atoms with Crippen molar-refractivity contribution < 1.29 is 0 Å². The number of nitrogens with zero attached hydrogens (tertiary/aromatic N) is 6. The first-order valence-electron chi connectivity index (χ1n) is 16.4. The zero-order valence-corrected chi connectivity index (χ0v) is 27.4. The van der Waals surface area contributed by atoms with Gasteiger partial charge in [-0.1, -0.05) is 152 Å². The molecule has 0 N–H and O–H groups in total. The number of para-hydroxylation sites is 1. The van der Waals surface area contributed by atoms with Crippen molar-refractivity contribution in [3.63, 3.8) is 0 Å². The van der Waals surface area contributed by atoms with Gasteiger partial charge in [0.15, 0.2) is 17.5 Å². The van der Waals surface area contributed by atoms with E-state index in [2.05, 4.69) is 77.4 Å². The molecule has 0 bridgehead atoms. The summed E-state index contributed by atoms with van der Waals surface area (Å²) >= 11 is 1.72. The predicted octanol–water partition coefficient (Wildman–Crippen LogP) is 10.8. The third-order valence-electron chi connectivity index (χ3n) is 9.08.